The first-order valence-corrected chi connectivity index (χ1v) is 11.5. The fourth-order valence-electron chi connectivity index (χ4n) is 3.93. The molecule has 1 saturated heterocycles. The normalized spacial score (nSPS) is 15.1. The molecule has 3 amide bonds. The molecule has 2 aromatic rings. The van der Waals surface area contributed by atoms with Gasteiger partial charge in [-0.05, 0) is 25.1 Å². The van der Waals surface area contributed by atoms with E-state index in [4.69, 9.17) is 9.47 Å². The van der Waals surface area contributed by atoms with Gasteiger partial charge in [-0.2, -0.15) is 0 Å². The molecule has 37 heavy (non-hydrogen) atoms. The Labute approximate surface area is 211 Å². The van der Waals surface area contributed by atoms with Crippen LogP contribution in [0.4, 0.5) is 10.5 Å². The van der Waals surface area contributed by atoms with E-state index in [1.54, 1.807) is 6.92 Å². The van der Waals surface area contributed by atoms with Gasteiger partial charge in [-0.1, -0.05) is 6.07 Å². The standard InChI is InChI=1S/C23H27N5O9/c1-3-37-23(33)27-11-9-26(10-12-27)21(30)17(13-19(36-2)22(31)32)25-20(29)16-8-7-14-15(24-16)5-4-6-18(14)28(34)35/h4-8,17,19H,3,9-13H2,1-2H3,(H,25,29)(H,31,32). The van der Waals surface area contributed by atoms with Crippen molar-refractivity contribution in [3.05, 3.63) is 46.1 Å². The molecule has 0 aliphatic carbocycles. The summed E-state index contributed by atoms with van der Waals surface area (Å²) in [5.41, 5.74) is -0.0706. The number of carboxylic acids is 1. The lowest BCUT2D eigenvalue weighted by atomic mass is 10.1. The molecule has 1 aliphatic rings. The second-order valence-corrected chi connectivity index (χ2v) is 8.13. The Kier molecular flexibility index (Phi) is 8.90. The Hall–Kier alpha value is -4.33. The molecule has 1 aromatic carbocycles. The molecular weight excluding hydrogens is 490 g/mol. The Bertz CT molecular complexity index is 1200. The van der Waals surface area contributed by atoms with Crippen LogP contribution in [0.2, 0.25) is 0 Å². The van der Waals surface area contributed by atoms with E-state index in [2.05, 4.69) is 10.3 Å². The summed E-state index contributed by atoms with van der Waals surface area (Å²) in [6, 6.07) is 5.66. The molecule has 0 bridgehead atoms. The zero-order valence-electron chi connectivity index (χ0n) is 20.3. The number of nitro groups is 1. The number of hydrogen-bond acceptors (Lipinski definition) is 9. The molecule has 14 nitrogen and oxygen atoms in total. The average Bonchev–Trinajstić information content (AvgIpc) is 2.89. The number of benzene rings is 1. The van der Waals surface area contributed by atoms with Gasteiger partial charge in [0, 0.05) is 45.8 Å². The number of carbonyl (C=O) groups is 4. The molecular formula is C23H27N5O9. The lowest BCUT2D eigenvalue weighted by Crippen LogP contribution is -2.56. The number of methoxy groups -OCH3 is 1. The number of ether oxygens (including phenoxy) is 2. The van der Waals surface area contributed by atoms with Gasteiger partial charge in [0.25, 0.3) is 11.6 Å². The fraction of sp³-hybridized carbons (Fsp3) is 0.435. The number of nitrogens with one attached hydrogen (secondary N) is 1. The molecule has 2 heterocycles. The largest absolute Gasteiger partial charge is 0.479 e. The summed E-state index contributed by atoms with van der Waals surface area (Å²) in [5, 5.41) is 23.4. The number of rotatable bonds is 9. The van der Waals surface area contributed by atoms with Crippen LogP contribution in [-0.4, -0.2) is 101 Å². The van der Waals surface area contributed by atoms with Crippen molar-refractivity contribution in [2.24, 2.45) is 0 Å². The Balaban J connectivity index is 1.80. The summed E-state index contributed by atoms with van der Waals surface area (Å²) in [6.07, 6.45) is -2.22. The molecule has 14 heteroatoms. The monoisotopic (exact) mass is 517 g/mol. The first-order valence-electron chi connectivity index (χ1n) is 11.5. The van der Waals surface area contributed by atoms with E-state index in [1.807, 2.05) is 0 Å². The number of pyridine rings is 1. The van der Waals surface area contributed by atoms with Gasteiger partial charge < -0.3 is 29.7 Å². The second kappa shape index (κ2) is 12.1. The zero-order valence-corrected chi connectivity index (χ0v) is 20.3. The summed E-state index contributed by atoms with van der Waals surface area (Å²) in [7, 11) is 1.18. The Morgan fingerprint density at radius 1 is 1.14 bits per heavy atom. The van der Waals surface area contributed by atoms with Crippen molar-refractivity contribution in [3.63, 3.8) is 0 Å². The van der Waals surface area contributed by atoms with Crippen LogP contribution in [-0.2, 0) is 19.1 Å². The van der Waals surface area contributed by atoms with Gasteiger partial charge in [0.15, 0.2) is 6.10 Å². The van der Waals surface area contributed by atoms with Crippen LogP contribution in [0.15, 0.2) is 30.3 Å². The van der Waals surface area contributed by atoms with Crippen LogP contribution in [0, 0.1) is 10.1 Å². The smallest absolute Gasteiger partial charge is 0.409 e. The molecule has 2 unspecified atom stereocenters. The van der Waals surface area contributed by atoms with Gasteiger partial charge in [-0.25, -0.2) is 14.6 Å². The van der Waals surface area contributed by atoms with Crippen LogP contribution >= 0.6 is 0 Å². The van der Waals surface area contributed by atoms with E-state index in [0.717, 1.165) is 0 Å². The quantitative estimate of drug-likeness (QED) is 0.360. The minimum Gasteiger partial charge on any atom is -0.479 e. The van der Waals surface area contributed by atoms with E-state index in [0.29, 0.717) is 0 Å². The fourth-order valence-corrected chi connectivity index (χ4v) is 3.93. The van der Waals surface area contributed by atoms with Crippen LogP contribution in [0.5, 0.6) is 0 Å². The summed E-state index contributed by atoms with van der Waals surface area (Å²) in [6.45, 7) is 2.64. The maximum absolute atomic E-state index is 13.3. The van der Waals surface area contributed by atoms with Crippen molar-refractivity contribution in [2.45, 2.75) is 25.5 Å². The van der Waals surface area contributed by atoms with Crippen LogP contribution in [0.1, 0.15) is 23.8 Å². The van der Waals surface area contributed by atoms with Crippen LogP contribution in [0.25, 0.3) is 10.9 Å². The van der Waals surface area contributed by atoms with E-state index in [-0.39, 0.29) is 61.5 Å². The molecule has 0 saturated carbocycles. The number of piperazine rings is 1. The first kappa shape index (κ1) is 27.3. The number of non-ortho nitro benzene ring substituents is 1. The van der Waals surface area contributed by atoms with Crippen molar-refractivity contribution >= 4 is 40.5 Å². The minimum atomic E-state index is -1.37. The van der Waals surface area contributed by atoms with E-state index < -0.39 is 40.9 Å². The predicted octanol–water partition coefficient (Wildman–Crippen LogP) is 1.03. The molecule has 0 spiro atoms. The summed E-state index contributed by atoms with van der Waals surface area (Å²) in [4.78, 5) is 67.6. The Morgan fingerprint density at radius 3 is 2.41 bits per heavy atom. The number of hydrogen-bond donors (Lipinski definition) is 2. The molecule has 2 atom stereocenters. The number of nitrogens with zero attached hydrogens (tertiary/aromatic N) is 4. The van der Waals surface area contributed by atoms with Crippen LogP contribution < -0.4 is 5.32 Å². The van der Waals surface area contributed by atoms with Crippen LogP contribution in [0.3, 0.4) is 0 Å². The molecule has 2 N–H and O–H groups in total. The number of carboxylic acid groups (broad SMARTS) is 1. The third kappa shape index (κ3) is 6.46. The number of aromatic nitrogens is 1. The highest BCUT2D eigenvalue weighted by Gasteiger charge is 2.34. The molecule has 1 aromatic heterocycles. The average molecular weight is 517 g/mol. The van der Waals surface area contributed by atoms with Crippen molar-refractivity contribution in [2.75, 3.05) is 39.9 Å². The molecule has 3 rings (SSSR count). The summed E-state index contributed by atoms with van der Waals surface area (Å²) in [5.74, 6) is -2.62. The zero-order chi connectivity index (χ0) is 27.1. The van der Waals surface area contributed by atoms with E-state index in [9.17, 15) is 34.4 Å². The van der Waals surface area contributed by atoms with Gasteiger partial charge in [0.05, 0.1) is 22.4 Å². The highest BCUT2D eigenvalue weighted by molar-refractivity contribution is 5.99. The van der Waals surface area contributed by atoms with Gasteiger partial charge in [-0.15, -0.1) is 0 Å². The lowest BCUT2D eigenvalue weighted by Gasteiger charge is -2.36. The highest BCUT2D eigenvalue weighted by atomic mass is 16.6. The maximum atomic E-state index is 13.3. The molecule has 0 radical (unpaired) electrons. The number of fused-ring (bicyclic) bond motifs is 1. The summed E-state index contributed by atoms with van der Waals surface area (Å²) < 4.78 is 9.94. The topological polar surface area (TPSA) is 182 Å². The maximum Gasteiger partial charge on any atom is 0.409 e. The number of aliphatic carboxylic acids is 1. The SMILES string of the molecule is CCOC(=O)N1CCN(C(=O)C(CC(OC)C(=O)O)NC(=O)c2ccc3c([N+](=O)[O-])cccc3n2)CC1. The van der Waals surface area contributed by atoms with Gasteiger partial charge in [-0.3, -0.25) is 19.7 Å². The van der Waals surface area contributed by atoms with Crippen molar-refractivity contribution in [3.8, 4) is 0 Å². The van der Waals surface area contributed by atoms with Crippen molar-refractivity contribution < 1.29 is 38.7 Å². The van der Waals surface area contributed by atoms with Crippen molar-refractivity contribution in [1.82, 2.24) is 20.1 Å². The van der Waals surface area contributed by atoms with Gasteiger partial charge >= 0.3 is 12.1 Å². The highest BCUT2D eigenvalue weighted by Crippen LogP contribution is 2.24. The number of amides is 3. The molecule has 198 valence electrons. The second-order valence-electron chi connectivity index (χ2n) is 8.13. The van der Waals surface area contributed by atoms with Gasteiger partial charge in [0.2, 0.25) is 5.91 Å². The number of nitro benzene ring substituents is 1. The minimum absolute atomic E-state index is 0.109. The molecule has 1 aliphatic heterocycles. The number of carbonyl (C=O) groups excluding carboxylic acids is 3. The van der Waals surface area contributed by atoms with E-state index >= 15 is 0 Å². The first-order chi connectivity index (χ1) is 17.7. The third-order valence-corrected chi connectivity index (χ3v) is 5.87. The summed E-state index contributed by atoms with van der Waals surface area (Å²) >= 11 is 0. The predicted molar refractivity (Wildman–Crippen MR) is 128 cm³/mol. The lowest BCUT2D eigenvalue weighted by molar-refractivity contribution is -0.383. The van der Waals surface area contributed by atoms with Gasteiger partial charge in [0.1, 0.15) is 11.7 Å². The van der Waals surface area contributed by atoms with E-state index in [1.165, 1.54) is 47.2 Å². The Morgan fingerprint density at radius 2 is 1.81 bits per heavy atom. The van der Waals surface area contributed by atoms with Crippen molar-refractivity contribution in [1.29, 1.82) is 0 Å². The third-order valence-electron chi connectivity index (χ3n) is 5.87. The molecule has 1 fully saturated rings.